The third-order valence-corrected chi connectivity index (χ3v) is 3.57. The van der Waals surface area contributed by atoms with Crippen LogP contribution in [0.25, 0.3) is 0 Å². The van der Waals surface area contributed by atoms with Gasteiger partial charge in [0.25, 0.3) is 0 Å². The highest BCUT2D eigenvalue weighted by Crippen LogP contribution is 2.31. The minimum atomic E-state index is 0.521. The molecule has 3 nitrogen and oxygen atoms in total. The molecule has 96 valence electrons. The van der Waals surface area contributed by atoms with Gasteiger partial charge < -0.3 is 10.2 Å². The molecule has 1 fully saturated rings. The molecule has 1 atom stereocenters. The first-order chi connectivity index (χ1) is 8.35. The van der Waals surface area contributed by atoms with Crippen molar-refractivity contribution >= 4 is 0 Å². The first-order valence-corrected chi connectivity index (χ1v) is 6.83. The molecule has 0 aliphatic heterocycles. The molecule has 1 aromatic rings. The molecule has 0 bridgehead atoms. The van der Waals surface area contributed by atoms with Gasteiger partial charge in [0.2, 0.25) is 0 Å². The Morgan fingerprint density at radius 3 is 2.88 bits per heavy atom. The Bertz CT molecular complexity index is 306. The van der Waals surface area contributed by atoms with Crippen LogP contribution in [-0.2, 0) is 6.54 Å². The van der Waals surface area contributed by atoms with Crippen LogP contribution in [0.3, 0.4) is 0 Å². The van der Waals surface area contributed by atoms with Crippen molar-refractivity contribution < 1.29 is 4.42 Å². The Labute approximate surface area is 104 Å². The van der Waals surface area contributed by atoms with E-state index in [9.17, 15) is 0 Å². The second-order valence-electron chi connectivity index (χ2n) is 5.01. The lowest BCUT2D eigenvalue weighted by atomic mass is 10.1. The van der Waals surface area contributed by atoms with Gasteiger partial charge in [-0.3, -0.25) is 4.90 Å². The van der Waals surface area contributed by atoms with Crippen molar-refractivity contribution in [3.8, 4) is 0 Å². The lowest BCUT2D eigenvalue weighted by Gasteiger charge is -2.30. The highest BCUT2D eigenvalue weighted by Gasteiger charge is 2.33. The first-order valence-electron chi connectivity index (χ1n) is 6.83. The number of furan rings is 1. The number of unbranched alkanes of at least 4 members (excludes halogenated alkanes) is 1. The fraction of sp³-hybridized carbons (Fsp3) is 0.714. The molecular weight excluding hydrogens is 212 g/mol. The highest BCUT2D eigenvalue weighted by atomic mass is 16.3. The predicted octanol–water partition coefficient (Wildman–Crippen LogP) is 2.76. The molecule has 0 amide bonds. The number of nitrogens with zero attached hydrogens (tertiary/aromatic N) is 1. The van der Waals surface area contributed by atoms with Crippen LogP contribution in [0.5, 0.6) is 0 Å². The van der Waals surface area contributed by atoms with Crippen LogP contribution in [0.4, 0.5) is 0 Å². The molecule has 1 aliphatic rings. The van der Waals surface area contributed by atoms with Crippen LogP contribution in [0, 0.1) is 0 Å². The maximum Gasteiger partial charge on any atom is 0.117 e. The minimum Gasteiger partial charge on any atom is -0.468 e. The summed E-state index contributed by atoms with van der Waals surface area (Å²) in [5.41, 5.74) is 5.94. The van der Waals surface area contributed by atoms with Gasteiger partial charge in [-0.25, -0.2) is 0 Å². The van der Waals surface area contributed by atoms with Gasteiger partial charge in [0.1, 0.15) is 5.76 Å². The molecular formula is C14H24N2O. The highest BCUT2D eigenvalue weighted by molar-refractivity contribution is 5.01. The lowest BCUT2D eigenvalue weighted by Crippen LogP contribution is -2.41. The van der Waals surface area contributed by atoms with Crippen molar-refractivity contribution in [1.29, 1.82) is 0 Å². The van der Waals surface area contributed by atoms with Gasteiger partial charge in [-0.05, 0) is 31.4 Å². The lowest BCUT2D eigenvalue weighted by molar-refractivity contribution is 0.157. The van der Waals surface area contributed by atoms with Gasteiger partial charge in [0.15, 0.2) is 0 Å². The largest absolute Gasteiger partial charge is 0.468 e. The van der Waals surface area contributed by atoms with E-state index in [1.165, 1.54) is 32.1 Å². The van der Waals surface area contributed by atoms with E-state index in [2.05, 4.69) is 17.9 Å². The molecule has 0 radical (unpaired) electrons. The standard InChI is InChI=1S/C14H24N2O/c1-2-3-5-13(10-15)16(12-7-8-12)11-14-6-4-9-17-14/h4,6,9,12-13H,2-3,5,7-8,10-11,15H2,1H3. The Kier molecular flexibility index (Phi) is 4.63. The molecule has 1 unspecified atom stereocenters. The average molecular weight is 236 g/mol. The molecule has 1 heterocycles. The number of hydrogen-bond acceptors (Lipinski definition) is 3. The number of nitrogens with two attached hydrogens (primary N) is 1. The molecule has 0 saturated heterocycles. The molecule has 0 spiro atoms. The molecule has 1 saturated carbocycles. The van der Waals surface area contributed by atoms with Crippen molar-refractivity contribution in [2.45, 2.75) is 57.7 Å². The summed E-state index contributed by atoms with van der Waals surface area (Å²) in [7, 11) is 0. The fourth-order valence-corrected chi connectivity index (χ4v) is 2.40. The summed E-state index contributed by atoms with van der Waals surface area (Å²) in [6.07, 6.45) is 8.12. The Balaban J connectivity index is 1.94. The monoisotopic (exact) mass is 236 g/mol. The summed E-state index contributed by atoms with van der Waals surface area (Å²) in [5, 5.41) is 0. The summed E-state index contributed by atoms with van der Waals surface area (Å²) >= 11 is 0. The van der Waals surface area contributed by atoms with Crippen LogP contribution in [0.2, 0.25) is 0 Å². The molecule has 2 N–H and O–H groups in total. The SMILES string of the molecule is CCCCC(CN)N(Cc1ccco1)C1CC1. The molecule has 17 heavy (non-hydrogen) atoms. The zero-order chi connectivity index (χ0) is 12.1. The Hall–Kier alpha value is -0.800. The minimum absolute atomic E-state index is 0.521. The van der Waals surface area contributed by atoms with Crippen LogP contribution in [0.15, 0.2) is 22.8 Å². The van der Waals surface area contributed by atoms with Gasteiger partial charge in [-0.2, -0.15) is 0 Å². The normalized spacial score (nSPS) is 17.6. The molecule has 2 rings (SSSR count). The first kappa shape index (κ1) is 12.7. The van der Waals surface area contributed by atoms with E-state index in [0.29, 0.717) is 6.04 Å². The van der Waals surface area contributed by atoms with Gasteiger partial charge >= 0.3 is 0 Å². The van der Waals surface area contributed by atoms with E-state index in [-0.39, 0.29) is 0 Å². The van der Waals surface area contributed by atoms with E-state index in [4.69, 9.17) is 10.2 Å². The summed E-state index contributed by atoms with van der Waals surface area (Å²) in [5.74, 6) is 1.06. The summed E-state index contributed by atoms with van der Waals surface area (Å²) < 4.78 is 5.46. The number of rotatable bonds is 8. The Morgan fingerprint density at radius 1 is 1.53 bits per heavy atom. The maximum absolute atomic E-state index is 5.94. The maximum atomic E-state index is 5.94. The second-order valence-corrected chi connectivity index (χ2v) is 5.01. The van der Waals surface area contributed by atoms with E-state index in [1.807, 2.05) is 6.07 Å². The average Bonchev–Trinajstić information content (AvgIpc) is 3.06. The Morgan fingerprint density at radius 2 is 2.35 bits per heavy atom. The third kappa shape index (κ3) is 3.58. The topological polar surface area (TPSA) is 42.4 Å². The van der Waals surface area contributed by atoms with Crippen molar-refractivity contribution in [2.75, 3.05) is 6.54 Å². The van der Waals surface area contributed by atoms with Crippen molar-refractivity contribution in [3.05, 3.63) is 24.2 Å². The van der Waals surface area contributed by atoms with Gasteiger partial charge in [0, 0.05) is 18.6 Å². The van der Waals surface area contributed by atoms with Crippen LogP contribution in [-0.4, -0.2) is 23.5 Å². The van der Waals surface area contributed by atoms with Crippen molar-refractivity contribution in [1.82, 2.24) is 4.90 Å². The van der Waals surface area contributed by atoms with E-state index >= 15 is 0 Å². The smallest absolute Gasteiger partial charge is 0.117 e. The van der Waals surface area contributed by atoms with E-state index in [0.717, 1.165) is 24.9 Å². The molecule has 3 heteroatoms. The van der Waals surface area contributed by atoms with Gasteiger partial charge in [0.05, 0.1) is 12.8 Å². The third-order valence-electron chi connectivity index (χ3n) is 3.57. The van der Waals surface area contributed by atoms with Crippen LogP contribution >= 0.6 is 0 Å². The van der Waals surface area contributed by atoms with Crippen molar-refractivity contribution in [3.63, 3.8) is 0 Å². The molecule has 1 aromatic heterocycles. The fourth-order valence-electron chi connectivity index (χ4n) is 2.40. The van der Waals surface area contributed by atoms with E-state index < -0.39 is 0 Å². The van der Waals surface area contributed by atoms with Crippen LogP contribution in [0.1, 0.15) is 44.8 Å². The summed E-state index contributed by atoms with van der Waals surface area (Å²) in [6, 6.07) is 5.28. The quantitative estimate of drug-likeness (QED) is 0.754. The summed E-state index contributed by atoms with van der Waals surface area (Å²) in [4.78, 5) is 2.55. The van der Waals surface area contributed by atoms with Gasteiger partial charge in [-0.15, -0.1) is 0 Å². The summed E-state index contributed by atoms with van der Waals surface area (Å²) in [6.45, 7) is 3.92. The molecule has 0 aromatic carbocycles. The van der Waals surface area contributed by atoms with Crippen LogP contribution < -0.4 is 5.73 Å². The molecule has 1 aliphatic carbocycles. The second kappa shape index (κ2) is 6.22. The predicted molar refractivity (Wildman–Crippen MR) is 69.6 cm³/mol. The van der Waals surface area contributed by atoms with Crippen molar-refractivity contribution in [2.24, 2.45) is 5.73 Å². The zero-order valence-electron chi connectivity index (χ0n) is 10.8. The number of hydrogen-bond donors (Lipinski definition) is 1. The van der Waals surface area contributed by atoms with E-state index in [1.54, 1.807) is 6.26 Å². The van der Waals surface area contributed by atoms with Gasteiger partial charge in [-0.1, -0.05) is 19.8 Å². The zero-order valence-corrected chi connectivity index (χ0v) is 10.8.